The van der Waals surface area contributed by atoms with E-state index in [1.54, 1.807) is 28.0 Å². The molecule has 2 aliphatic heterocycles. The van der Waals surface area contributed by atoms with E-state index in [2.05, 4.69) is 11.9 Å². The number of benzene rings is 2. The molecule has 2 amide bonds. The van der Waals surface area contributed by atoms with Gasteiger partial charge in [-0.2, -0.15) is 5.23 Å². The number of hydrogen-bond acceptors (Lipinski definition) is 4. The molecule has 2 unspecified atom stereocenters. The van der Waals surface area contributed by atoms with Gasteiger partial charge in [0.15, 0.2) is 5.69 Å². The van der Waals surface area contributed by atoms with Gasteiger partial charge in [0.1, 0.15) is 6.04 Å². The Morgan fingerprint density at radius 1 is 1.12 bits per heavy atom. The van der Waals surface area contributed by atoms with E-state index < -0.39 is 17.3 Å². The number of unbranched alkanes of at least 4 members (excludes halogenated alkanes) is 3. The van der Waals surface area contributed by atoms with Gasteiger partial charge >= 0.3 is 0 Å². The van der Waals surface area contributed by atoms with Crippen LogP contribution in [0.2, 0.25) is 0 Å². The van der Waals surface area contributed by atoms with E-state index in [-0.39, 0.29) is 24.0 Å². The molecule has 3 heterocycles. The highest BCUT2D eigenvalue weighted by molar-refractivity contribution is 5.97. The average molecular weight is 463 g/mol. The van der Waals surface area contributed by atoms with Crippen molar-refractivity contribution in [3.8, 4) is 0 Å². The second-order valence-corrected chi connectivity index (χ2v) is 9.24. The van der Waals surface area contributed by atoms with Crippen LogP contribution in [-0.2, 0) is 16.0 Å². The molecule has 0 spiro atoms. The molecule has 0 aliphatic carbocycles. The lowest BCUT2D eigenvalue weighted by atomic mass is 9.86. The molecule has 3 atom stereocenters. The minimum Gasteiger partial charge on any atom is -0.595 e. The third-order valence-corrected chi connectivity index (χ3v) is 7.07. The molecule has 2 aromatic carbocycles. The van der Waals surface area contributed by atoms with E-state index >= 15 is 0 Å². The smallest absolute Gasteiger partial charge is 0.246 e. The summed E-state index contributed by atoms with van der Waals surface area (Å²) in [5.41, 5.74) is 3.68. The zero-order valence-corrected chi connectivity index (χ0v) is 19.3. The first-order valence-corrected chi connectivity index (χ1v) is 12.0. The number of amides is 2. The Hall–Kier alpha value is -3.20. The van der Waals surface area contributed by atoms with Crippen LogP contribution >= 0.6 is 0 Å². The number of aromatic amines is 1. The number of nitrogens with one attached hydrogen (secondary N) is 2. The molecule has 0 saturated carbocycles. The number of carbonyl (C=O) groups excluding carboxylic acids is 2. The minimum absolute atomic E-state index is 0.0218. The summed E-state index contributed by atoms with van der Waals surface area (Å²) in [5, 5.41) is 21.2. The third kappa shape index (κ3) is 3.87. The van der Waals surface area contributed by atoms with E-state index in [4.69, 9.17) is 0 Å². The van der Waals surface area contributed by atoms with Crippen molar-refractivity contribution in [3.05, 3.63) is 70.6 Å². The monoisotopic (exact) mass is 462 g/mol. The second kappa shape index (κ2) is 9.21. The van der Waals surface area contributed by atoms with E-state index in [1.165, 1.54) is 0 Å². The molecule has 2 aliphatic rings. The van der Waals surface area contributed by atoms with E-state index in [1.807, 2.05) is 30.3 Å². The first-order chi connectivity index (χ1) is 16.5. The van der Waals surface area contributed by atoms with Crippen LogP contribution in [0.25, 0.3) is 10.9 Å². The van der Waals surface area contributed by atoms with Crippen LogP contribution in [0.3, 0.4) is 0 Å². The largest absolute Gasteiger partial charge is 0.595 e. The lowest BCUT2D eigenvalue weighted by Crippen LogP contribution is -2.99. The fourth-order valence-corrected chi connectivity index (χ4v) is 5.43. The molecule has 8 nitrogen and oxygen atoms in total. The molecule has 5 rings (SSSR count). The molecule has 3 N–H and O–H groups in total. The molecule has 1 aromatic heterocycles. The standard InChI is InChI=1S/C26H30N4O4/c1-2-3-4-7-13-28-16-23(31)29-22(26(28)32)15-20-19-11-5-6-12-21(19)27-24(20)25(29)17-9-8-10-18(14-17)30(33)34/h5-6,8-12,14,22,25,27,30,33H,2-4,7,13,15-16H2,1H3/t22-,25?/m0/s1. The number of piperazine rings is 1. The summed E-state index contributed by atoms with van der Waals surface area (Å²) < 4.78 is 0. The number of para-hydroxylation sites is 1. The van der Waals surface area contributed by atoms with Gasteiger partial charge in [-0.15, -0.1) is 0 Å². The van der Waals surface area contributed by atoms with Gasteiger partial charge in [-0.05, 0) is 23.6 Å². The van der Waals surface area contributed by atoms with Crippen molar-refractivity contribution in [2.75, 3.05) is 13.1 Å². The van der Waals surface area contributed by atoms with Crippen molar-refractivity contribution < 1.29 is 20.0 Å². The van der Waals surface area contributed by atoms with Crippen molar-refractivity contribution in [1.29, 1.82) is 0 Å². The summed E-state index contributed by atoms with van der Waals surface area (Å²) >= 11 is 0. The number of fused-ring (bicyclic) bond motifs is 4. The molecular weight excluding hydrogens is 432 g/mol. The zero-order chi connectivity index (χ0) is 23.8. The Labute approximate surface area is 198 Å². The number of nitrogens with zero attached hydrogens (tertiary/aromatic N) is 2. The van der Waals surface area contributed by atoms with E-state index in [0.29, 0.717) is 18.5 Å². The summed E-state index contributed by atoms with van der Waals surface area (Å²) in [6, 6.07) is 13.5. The molecule has 1 saturated heterocycles. The lowest BCUT2D eigenvalue weighted by Gasteiger charge is -2.47. The van der Waals surface area contributed by atoms with Crippen LogP contribution in [0.15, 0.2) is 48.5 Å². The zero-order valence-electron chi connectivity index (χ0n) is 19.3. The minimum atomic E-state index is -1.02. The summed E-state index contributed by atoms with van der Waals surface area (Å²) in [4.78, 5) is 34.0. The van der Waals surface area contributed by atoms with Crippen molar-refractivity contribution >= 4 is 28.4 Å². The number of aromatic nitrogens is 1. The Bertz CT molecular complexity index is 1220. The van der Waals surface area contributed by atoms with Crippen LogP contribution in [0, 0.1) is 5.21 Å². The Morgan fingerprint density at radius 3 is 2.74 bits per heavy atom. The van der Waals surface area contributed by atoms with Gasteiger partial charge in [-0.3, -0.25) is 9.59 Å². The highest BCUT2D eigenvalue weighted by Gasteiger charge is 2.48. The normalized spacial score (nSPS) is 21.0. The van der Waals surface area contributed by atoms with Crippen molar-refractivity contribution in [3.63, 3.8) is 0 Å². The number of H-pyrrole nitrogens is 1. The molecule has 34 heavy (non-hydrogen) atoms. The number of rotatable bonds is 7. The van der Waals surface area contributed by atoms with E-state index in [0.717, 1.165) is 47.8 Å². The maximum absolute atomic E-state index is 13.6. The summed E-state index contributed by atoms with van der Waals surface area (Å²) in [6.07, 6.45) is 4.61. The maximum Gasteiger partial charge on any atom is 0.246 e. The summed E-state index contributed by atoms with van der Waals surface area (Å²) in [7, 11) is 0. The second-order valence-electron chi connectivity index (χ2n) is 9.24. The van der Waals surface area contributed by atoms with Crippen LogP contribution in [0.4, 0.5) is 5.69 Å². The predicted molar refractivity (Wildman–Crippen MR) is 127 cm³/mol. The number of carbonyl (C=O) groups is 2. The first kappa shape index (κ1) is 22.6. The summed E-state index contributed by atoms with van der Waals surface area (Å²) in [5.74, 6) is -0.124. The Balaban J connectivity index is 1.58. The Morgan fingerprint density at radius 2 is 1.94 bits per heavy atom. The van der Waals surface area contributed by atoms with Gasteiger partial charge in [0.25, 0.3) is 0 Å². The number of quaternary nitrogens is 1. The summed E-state index contributed by atoms with van der Waals surface area (Å²) in [6.45, 7) is 2.80. The van der Waals surface area contributed by atoms with Crippen molar-refractivity contribution in [1.82, 2.24) is 14.8 Å². The van der Waals surface area contributed by atoms with Crippen LogP contribution in [0.5, 0.6) is 0 Å². The third-order valence-electron chi connectivity index (χ3n) is 7.07. The molecular formula is C26H30N4O4. The number of hydrogen-bond donors (Lipinski definition) is 3. The Kier molecular flexibility index (Phi) is 6.12. The van der Waals surface area contributed by atoms with Gasteiger partial charge in [-0.1, -0.05) is 56.5 Å². The fourth-order valence-electron chi connectivity index (χ4n) is 5.43. The van der Waals surface area contributed by atoms with Gasteiger partial charge < -0.3 is 20.0 Å². The van der Waals surface area contributed by atoms with E-state index in [9.17, 15) is 20.0 Å². The lowest BCUT2D eigenvalue weighted by molar-refractivity contribution is -0.991. The van der Waals surface area contributed by atoms with Crippen LogP contribution < -0.4 is 5.23 Å². The maximum atomic E-state index is 13.6. The predicted octanol–water partition coefficient (Wildman–Crippen LogP) is 2.84. The highest BCUT2D eigenvalue weighted by Crippen LogP contribution is 2.42. The topological polar surface area (TPSA) is 104 Å². The van der Waals surface area contributed by atoms with Gasteiger partial charge in [0, 0.05) is 41.7 Å². The van der Waals surface area contributed by atoms with Crippen molar-refractivity contribution in [2.24, 2.45) is 0 Å². The SMILES string of the molecule is CCCCCCN1CC(=O)N2C(c3cccc([NH+]([O-])O)c3)c3[nH]c4ccccc4c3C[C@H]2C1=O. The first-order valence-electron chi connectivity index (χ1n) is 12.0. The fraction of sp³-hybridized carbons (Fsp3) is 0.385. The molecule has 8 heteroatoms. The molecule has 178 valence electrons. The average Bonchev–Trinajstić information content (AvgIpc) is 3.22. The molecule has 0 bridgehead atoms. The van der Waals surface area contributed by atoms with Gasteiger partial charge in [0.2, 0.25) is 11.8 Å². The molecule has 1 fully saturated rings. The highest BCUT2D eigenvalue weighted by atomic mass is 16.8. The van der Waals surface area contributed by atoms with Gasteiger partial charge in [-0.25, -0.2) is 5.21 Å². The van der Waals surface area contributed by atoms with Crippen molar-refractivity contribution in [2.45, 2.75) is 51.1 Å². The van der Waals surface area contributed by atoms with Crippen LogP contribution in [-0.4, -0.2) is 50.9 Å². The molecule has 3 aromatic rings. The quantitative estimate of drug-likeness (QED) is 0.371. The van der Waals surface area contributed by atoms with Gasteiger partial charge in [0.05, 0.1) is 12.6 Å². The van der Waals surface area contributed by atoms with Crippen LogP contribution in [0.1, 0.15) is 55.5 Å². The molecule has 0 radical (unpaired) electrons.